The normalized spacial score (nSPS) is 15.0. The first-order valence-corrected chi connectivity index (χ1v) is 8.92. The molecule has 1 amide bonds. The lowest BCUT2D eigenvalue weighted by atomic mass is 10.2. The molecule has 1 fully saturated rings. The molecule has 0 heterocycles. The zero-order valence-electron chi connectivity index (χ0n) is 12.4. The maximum atomic E-state index is 11.9. The number of hydrogen-bond acceptors (Lipinski definition) is 4. The third kappa shape index (κ3) is 5.04. The van der Waals surface area contributed by atoms with Crippen LogP contribution in [-0.4, -0.2) is 32.2 Å². The van der Waals surface area contributed by atoms with E-state index < -0.39 is 15.1 Å². The molecule has 2 N–H and O–H groups in total. The van der Waals surface area contributed by atoms with Gasteiger partial charge in [0.2, 0.25) is 5.91 Å². The molecule has 116 valence electrons. The van der Waals surface area contributed by atoms with Crippen LogP contribution in [0.15, 0.2) is 24.3 Å². The van der Waals surface area contributed by atoms with Gasteiger partial charge in [-0.2, -0.15) is 0 Å². The lowest BCUT2D eigenvalue weighted by Gasteiger charge is -2.10. The fourth-order valence-electron chi connectivity index (χ4n) is 1.86. The minimum absolute atomic E-state index is 0.0223. The van der Waals surface area contributed by atoms with E-state index in [-0.39, 0.29) is 18.2 Å². The highest BCUT2D eigenvalue weighted by Gasteiger charge is 2.22. The van der Waals surface area contributed by atoms with E-state index in [0.717, 1.165) is 24.1 Å². The smallest absolute Gasteiger partial charge is 0.239 e. The van der Waals surface area contributed by atoms with Crippen molar-refractivity contribution in [3.05, 3.63) is 29.8 Å². The van der Waals surface area contributed by atoms with E-state index in [2.05, 4.69) is 10.6 Å². The van der Waals surface area contributed by atoms with Crippen molar-refractivity contribution in [1.82, 2.24) is 5.32 Å². The van der Waals surface area contributed by atoms with Crippen LogP contribution >= 0.6 is 0 Å². The van der Waals surface area contributed by atoms with E-state index >= 15 is 0 Å². The molecule has 1 aromatic rings. The number of anilines is 1. The zero-order chi connectivity index (χ0) is 15.5. The van der Waals surface area contributed by atoms with Crippen LogP contribution in [0, 0.1) is 0 Å². The van der Waals surface area contributed by atoms with Gasteiger partial charge in [-0.1, -0.05) is 12.1 Å². The van der Waals surface area contributed by atoms with Gasteiger partial charge in [-0.25, -0.2) is 8.42 Å². The molecule has 0 atom stereocenters. The average Bonchev–Trinajstić information content (AvgIpc) is 3.20. The lowest BCUT2D eigenvalue weighted by molar-refractivity contribution is -0.119. The van der Waals surface area contributed by atoms with Crippen molar-refractivity contribution >= 4 is 21.4 Å². The first-order chi connectivity index (χ1) is 9.87. The molecule has 1 aliphatic rings. The third-order valence-electron chi connectivity index (χ3n) is 3.41. The molecule has 21 heavy (non-hydrogen) atoms. The molecular weight excluding hydrogens is 288 g/mol. The average molecular weight is 310 g/mol. The maximum Gasteiger partial charge on any atom is 0.239 e. The van der Waals surface area contributed by atoms with E-state index in [1.165, 1.54) is 0 Å². The Labute approximate surface area is 126 Å². The fourth-order valence-corrected chi connectivity index (χ4v) is 2.84. The molecule has 6 heteroatoms. The Kier molecular flexibility index (Phi) is 4.88. The van der Waals surface area contributed by atoms with Crippen LogP contribution in [0.1, 0.15) is 32.3 Å². The van der Waals surface area contributed by atoms with E-state index in [4.69, 9.17) is 0 Å². The number of carbonyl (C=O) groups is 1. The van der Waals surface area contributed by atoms with Gasteiger partial charge in [-0.15, -0.1) is 0 Å². The van der Waals surface area contributed by atoms with Crippen LogP contribution in [-0.2, 0) is 20.4 Å². The number of nitrogens with one attached hydrogen (secondary N) is 2. The van der Waals surface area contributed by atoms with Gasteiger partial charge in [0, 0.05) is 11.7 Å². The summed E-state index contributed by atoms with van der Waals surface area (Å²) >= 11 is 0. The van der Waals surface area contributed by atoms with Crippen LogP contribution in [0.3, 0.4) is 0 Å². The van der Waals surface area contributed by atoms with Gasteiger partial charge in [0.25, 0.3) is 0 Å². The van der Waals surface area contributed by atoms with Gasteiger partial charge < -0.3 is 10.6 Å². The number of carbonyl (C=O) groups excluding carboxylic acids is 1. The topological polar surface area (TPSA) is 75.3 Å². The zero-order valence-corrected chi connectivity index (χ0v) is 13.2. The minimum atomic E-state index is -3.11. The maximum absolute atomic E-state index is 11.9. The van der Waals surface area contributed by atoms with Gasteiger partial charge in [0.15, 0.2) is 9.84 Å². The number of sulfone groups is 1. The summed E-state index contributed by atoms with van der Waals surface area (Å²) in [5, 5.41) is 5.53. The monoisotopic (exact) mass is 310 g/mol. The van der Waals surface area contributed by atoms with Crippen LogP contribution in [0.5, 0.6) is 0 Å². The second-order valence-corrected chi connectivity index (χ2v) is 8.31. The minimum Gasteiger partial charge on any atom is -0.376 e. The summed E-state index contributed by atoms with van der Waals surface area (Å²) in [5.74, 6) is -0.00762. The summed E-state index contributed by atoms with van der Waals surface area (Å²) in [4.78, 5) is 11.6. The molecule has 5 nitrogen and oxygen atoms in total. The molecule has 0 spiro atoms. The summed E-state index contributed by atoms with van der Waals surface area (Å²) in [6.45, 7) is 3.57. The van der Waals surface area contributed by atoms with E-state index in [1.807, 2.05) is 6.07 Å². The molecule has 1 saturated carbocycles. The van der Waals surface area contributed by atoms with Crippen molar-refractivity contribution in [1.29, 1.82) is 0 Å². The molecule has 0 aromatic heterocycles. The first-order valence-electron chi connectivity index (χ1n) is 7.20. The summed E-state index contributed by atoms with van der Waals surface area (Å²) in [5.41, 5.74) is 1.49. The predicted octanol–water partition coefficient (Wildman–Crippen LogP) is 1.70. The quantitative estimate of drug-likeness (QED) is 0.804. The Bertz CT molecular complexity index is 607. The Morgan fingerprint density at radius 1 is 1.33 bits per heavy atom. The van der Waals surface area contributed by atoms with Crippen molar-refractivity contribution < 1.29 is 13.2 Å². The molecule has 0 bridgehead atoms. The fraction of sp³-hybridized carbons (Fsp3) is 0.533. The first kappa shape index (κ1) is 15.8. The molecule has 0 saturated heterocycles. The second-order valence-electron chi connectivity index (χ2n) is 5.75. The Balaban J connectivity index is 1.92. The van der Waals surface area contributed by atoms with Crippen molar-refractivity contribution in [3.63, 3.8) is 0 Å². The van der Waals surface area contributed by atoms with Crippen LogP contribution in [0.2, 0.25) is 0 Å². The van der Waals surface area contributed by atoms with Crippen molar-refractivity contribution in [3.8, 4) is 0 Å². The van der Waals surface area contributed by atoms with Gasteiger partial charge in [0.1, 0.15) is 0 Å². The molecule has 2 rings (SSSR count). The predicted molar refractivity (Wildman–Crippen MR) is 83.9 cm³/mol. The second kappa shape index (κ2) is 6.47. The van der Waals surface area contributed by atoms with E-state index in [1.54, 1.807) is 32.0 Å². The van der Waals surface area contributed by atoms with Gasteiger partial charge >= 0.3 is 0 Å². The molecule has 0 radical (unpaired) electrons. The van der Waals surface area contributed by atoms with Crippen LogP contribution < -0.4 is 10.6 Å². The standard InChI is InChI=1S/C15H22N2O3S/c1-11(2)21(19,20)10-12-4-3-5-14(8-12)16-9-15(18)17-13-6-7-13/h3-5,8,11,13,16H,6-7,9-10H2,1-2H3,(H,17,18). The van der Waals surface area contributed by atoms with Gasteiger partial charge in [-0.05, 0) is 44.4 Å². The largest absolute Gasteiger partial charge is 0.376 e. The highest BCUT2D eigenvalue weighted by atomic mass is 32.2. The van der Waals surface area contributed by atoms with Gasteiger partial charge in [0.05, 0.1) is 17.5 Å². The summed E-state index contributed by atoms with van der Waals surface area (Å²) < 4.78 is 23.8. The number of amides is 1. The lowest BCUT2D eigenvalue weighted by Crippen LogP contribution is -2.31. The van der Waals surface area contributed by atoms with E-state index in [0.29, 0.717) is 6.04 Å². The summed E-state index contributed by atoms with van der Waals surface area (Å²) in [7, 11) is -3.11. The van der Waals surface area contributed by atoms with E-state index in [9.17, 15) is 13.2 Å². The molecule has 1 aliphatic carbocycles. The molecule has 0 unspecified atom stereocenters. The van der Waals surface area contributed by atoms with Crippen molar-refractivity contribution in [2.75, 3.05) is 11.9 Å². The highest BCUT2D eigenvalue weighted by molar-refractivity contribution is 7.91. The van der Waals surface area contributed by atoms with Crippen LogP contribution in [0.25, 0.3) is 0 Å². The van der Waals surface area contributed by atoms with Crippen LogP contribution in [0.4, 0.5) is 5.69 Å². The molecule has 1 aromatic carbocycles. The summed E-state index contributed by atoms with van der Waals surface area (Å²) in [6.07, 6.45) is 2.13. The molecular formula is C15H22N2O3S. The van der Waals surface area contributed by atoms with Crippen molar-refractivity contribution in [2.45, 2.75) is 43.7 Å². The summed E-state index contributed by atoms with van der Waals surface area (Å²) in [6, 6.07) is 7.55. The SMILES string of the molecule is CC(C)S(=O)(=O)Cc1cccc(NCC(=O)NC2CC2)c1. The number of rotatable bonds is 7. The number of hydrogen-bond donors (Lipinski definition) is 2. The Morgan fingerprint density at radius 3 is 2.67 bits per heavy atom. The molecule has 0 aliphatic heterocycles. The number of benzene rings is 1. The Hall–Kier alpha value is -1.56. The van der Waals surface area contributed by atoms with Gasteiger partial charge in [-0.3, -0.25) is 4.79 Å². The Morgan fingerprint density at radius 2 is 2.05 bits per heavy atom. The third-order valence-corrected chi connectivity index (χ3v) is 5.58. The van der Waals surface area contributed by atoms with Crippen molar-refractivity contribution in [2.24, 2.45) is 0 Å². The highest BCUT2D eigenvalue weighted by Crippen LogP contribution is 2.18.